The summed E-state index contributed by atoms with van der Waals surface area (Å²) < 4.78 is 0. The third kappa shape index (κ3) is 2.43. The lowest BCUT2D eigenvalue weighted by atomic mass is 9.71. The molecule has 0 aromatic carbocycles. The van der Waals surface area contributed by atoms with Crippen LogP contribution < -0.4 is 5.73 Å². The van der Waals surface area contributed by atoms with Crippen LogP contribution >= 0.6 is 0 Å². The van der Waals surface area contributed by atoms with E-state index in [9.17, 15) is 5.11 Å². The highest BCUT2D eigenvalue weighted by molar-refractivity contribution is 5.19. The van der Waals surface area contributed by atoms with E-state index in [2.05, 4.69) is 11.9 Å². The monoisotopic (exact) mass is 248 g/mol. The number of hydrogen-bond acceptors (Lipinski definition) is 3. The van der Waals surface area contributed by atoms with E-state index in [0.717, 1.165) is 24.8 Å². The third-order valence-electron chi connectivity index (χ3n) is 4.70. The predicted octanol–water partition coefficient (Wildman–Crippen LogP) is 2.46. The molecule has 3 nitrogen and oxygen atoms in total. The Bertz CT molecular complexity index is 360. The van der Waals surface area contributed by atoms with Crippen molar-refractivity contribution in [1.29, 1.82) is 0 Å². The summed E-state index contributed by atoms with van der Waals surface area (Å²) in [6.07, 6.45) is 8.98. The number of hydrogen-bond donors (Lipinski definition) is 2. The van der Waals surface area contributed by atoms with Crippen LogP contribution in [0.1, 0.15) is 50.5 Å². The zero-order valence-electron chi connectivity index (χ0n) is 11.2. The maximum atomic E-state index is 10.8. The van der Waals surface area contributed by atoms with Gasteiger partial charge in [0.2, 0.25) is 0 Å². The molecule has 0 radical (unpaired) electrons. The molecule has 3 N–H and O–H groups in total. The van der Waals surface area contributed by atoms with Crippen LogP contribution in [0.2, 0.25) is 0 Å². The fraction of sp³-hybridized carbons (Fsp3) is 0.667. The lowest BCUT2D eigenvalue weighted by Gasteiger charge is -2.38. The normalized spacial score (nSPS) is 21.7. The summed E-state index contributed by atoms with van der Waals surface area (Å²) in [6.45, 7) is 2.68. The second-order valence-electron chi connectivity index (χ2n) is 5.49. The zero-order valence-corrected chi connectivity index (χ0v) is 11.2. The third-order valence-corrected chi connectivity index (χ3v) is 4.70. The number of aliphatic hydroxyl groups is 1. The minimum Gasteiger partial charge on any atom is -0.392 e. The molecule has 1 heterocycles. The van der Waals surface area contributed by atoms with E-state index in [1.54, 1.807) is 12.4 Å². The Morgan fingerprint density at radius 1 is 1.33 bits per heavy atom. The van der Waals surface area contributed by atoms with Crippen molar-refractivity contribution in [1.82, 2.24) is 4.98 Å². The van der Waals surface area contributed by atoms with Gasteiger partial charge >= 0.3 is 0 Å². The minimum absolute atomic E-state index is 0.0334. The molecule has 1 aliphatic carbocycles. The average Bonchev–Trinajstić information content (AvgIpc) is 2.91. The quantitative estimate of drug-likeness (QED) is 0.841. The van der Waals surface area contributed by atoms with Crippen molar-refractivity contribution < 1.29 is 5.11 Å². The van der Waals surface area contributed by atoms with Crippen molar-refractivity contribution in [2.24, 2.45) is 11.1 Å². The van der Waals surface area contributed by atoms with E-state index in [1.165, 1.54) is 12.8 Å². The number of pyridine rings is 1. The van der Waals surface area contributed by atoms with Gasteiger partial charge in [0.05, 0.1) is 6.10 Å². The average molecular weight is 248 g/mol. The lowest BCUT2D eigenvalue weighted by Crippen LogP contribution is -2.40. The zero-order chi connectivity index (χ0) is 13.0. The van der Waals surface area contributed by atoms with Crippen molar-refractivity contribution in [3.63, 3.8) is 0 Å². The van der Waals surface area contributed by atoms with Crippen molar-refractivity contribution >= 4 is 0 Å². The second kappa shape index (κ2) is 5.81. The van der Waals surface area contributed by atoms with Crippen LogP contribution in [-0.2, 0) is 0 Å². The summed E-state index contributed by atoms with van der Waals surface area (Å²) in [5.41, 5.74) is 7.09. The van der Waals surface area contributed by atoms with E-state index < -0.39 is 0 Å². The van der Waals surface area contributed by atoms with Crippen LogP contribution in [0.4, 0.5) is 0 Å². The van der Waals surface area contributed by atoms with Gasteiger partial charge in [0.25, 0.3) is 0 Å². The van der Waals surface area contributed by atoms with E-state index in [1.807, 2.05) is 12.1 Å². The van der Waals surface area contributed by atoms with E-state index in [4.69, 9.17) is 5.73 Å². The maximum absolute atomic E-state index is 10.8. The molecule has 0 saturated heterocycles. The predicted molar refractivity (Wildman–Crippen MR) is 73.2 cm³/mol. The number of aromatic nitrogens is 1. The molecular weight excluding hydrogens is 224 g/mol. The summed E-state index contributed by atoms with van der Waals surface area (Å²) in [5.74, 6) is 0.0334. The van der Waals surface area contributed by atoms with Gasteiger partial charge < -0.3 is 10.8 Å². The van der Waals surface area contributed by atoms with Gasteiger partial charge in [-0.05, 0) is 42.4 Å². The van der Waals surface area contributed by atoms with Gasteiger partial charge in [-0.2, -0.15) is 0 Å². The summed E-state index contributed by atoms with van der Waals surface area (Å²) in [4.78, 5) is 4.03. The number of nitrogens with zero attached hydrogens (tertiary/aromatic N) is 1. The van der Waals surface area contributed by atoms with Crippen molar-refractivity contribution in [3.05, 3.63) is 30.1 Å². The first-order valence-electron chi connectivity index (χ1n) is 7.01. The molecule has 0 bridgehead atoms. The highest BCUT2D eigenvalue weighted by Gasteiger charge is 2.42. The highest BCUT2D eigenvalue weighted by Crippen LogP contribution is 2.47. The van der Waals surface area contributed by atoms with Crippen LogP contribution in [0.15, 0.2) is 24.5 Å². The summed E-state index contributed by atoms with van der Waals surface area (Å²) >= 11 is 0. The fourth-order valence-electron chi connectivity index (χ4n) is 3.42. The van der Waals surface area contributed by atoms with Gasteiger partial charge in [-0.25, -0.2) is 0 Å². The molecule has 0 spiro atoms. The van der Waals surface area contributed by atoms with Gasteiger partial charge in [0.15, 0.2) is 0 Å². The Kier molecular flexibility index (Phi) is 4.36. The molecule has 0 aliphatic heterocycles. The Morgan fingerprint density at radius 2 is 1.94 bits per heavy atom. The molecule has 1 aliphatic rings. The lowest BCUT2D eigenvalue weighted by molar-refractivity contribution is 0.00599. The van der Waals surface area contributed by atoms with Gasteiger partial charge in [0.1, 0.15) is 0 Å². The molecule has 1 aromatic heterocycles. The van der Waals surface area contributed by atoms with Gasteiger partial charge in [-0.15, -0.1) is 0 Å². The fourth-order valence-corrected chi connectivity index (χ4v) is 3.42. The summed E-state index contributed by atoms with van der Waals surface area (Å²) in [6, 6.07) is 3.94. The minimum atomic E-state index is -0.336. The topological polar surface area (TPSA) is 59.1 Å². The summed E-state index contributed by atoms with van der Waals surface area (Å²) in [5, 5.41) is 10.8. The summed E-state index contributed by atoms with van der Waals surface area (Å²) in [7, 11) is 0. The number of nitrogens with two attached hydrogens (primary N) is 1. The van der Waals surface area contributed by atoms with Gasteiger partial charge in [0, 0.05) is 24.9 Å². The Balaban J connectivity index is 2.22. The van der Waals surface area contributed by atoms with Gasteiger partial charge in [-0.3, -0.25) is 4.98 Å². The smallest absolute Gasteiger partial charge is 0.0676 e. The highest BCUT2D eigenvalue weighted by atomic mass is 16.3. The standard InChI is InChI=1S/C15H24N2O/c1-2-15(7-3-4-8-15)14(18)13(11-16)12-5-9-17-10-6-12/h5-6,9-10,13-14,18H,2-4,7-8,11,16H2,1H3. The first-order chi connectivity index (χ1) is 8.73. The van der Waals surface area contributed by atoms with E-state index in [-0.39, 0.29) is 17.4 Å². The molecule has 18 heavy (non-hydrogen) atoms. The van der Waals surface area contributed by atoms with E-state index >= 15 is 0 Å². The number of aliphatic hydroxyl groups excluding tert-OH is 1. The Hall–Kier alpha value is -0.930. The largest absolute Gasteiger partial charge is 0.392 e. The Morgan fingerprint density at radius 3 is 2.44 bits per heavy atom. The van der Waals surface area contributed by atoms with Crippen LogP contribution in [-0.4, -0.2) is 22.7 Å². The molecule has 2 unspecified atom stereocenters. The van der Waals surface area contributed by atoms with Crippen LogP contribution in [0.3, 0.4) is 0 Å². The van der Waals surface area contributed by atoms with Crippen molar-refractivity contribution in [2.75, 3.05) is 6.54 Å². The number of rotatable bonds is 5. The molecule has 1 saturated carbocycles. The van der Waals surface area contributed by atoms with Gasteiger partial charge in [-0.1, -0.05) is 19.8 Å². The van der Waals surface area contributed by atoms with Crippen molar-refractivity contribution in [3.8, 4) is 0 Å². The van der Waals surface area contributed by atoms with Crippen LogP contribution in [0.25, 0.3) is 0 Å². The second-order valence-corrected chi connectivity index (χ2v) is 5.49. The Labute approximate surface area is 109 Å². The first-order valence-corrected chi connectivity index (χ1v) is 7.01. The molecule has 2 atom stereocenters. The molecule has 1 aromatic rings. The van der Waals surface area contributed by atoms with Crippen LogP contribution in [0, 0.1) is 5.41 Å². The molecular formula is C15H24N2O. The SMILES string of the molecule is CCC1(C(O)C(CN)c2ccncc2)CCCC1. The molecule has 1 fully saturated rings. The molecule has 3 heteroatoms. The van der Waals surface area contributed by atoms with E-state index in [0.29, 0.717) is 6.54 Å². The molecule has 2 rings (SSSR count). The first kappa shape index (κ1) is 13.5. The molecule has 0 amide bonds. The van der Waals surface area contributed by atoms with Crippen LogP contribution in [0.5, 0.6) is 0 Å². The molecule has 100 valence electrons. The maximum Gasteiger partial charge on any atom is 0.0676 e. The van der Waals surface area contributed by atoms with Crippen molar-refractivity contribution in [2.45, 2.75) is 51.0 Å².